The summed E-state index contributed by atoms with van der Waals surface area (Å²) in [6, 6.07) is 4.01. The Morgan fingerprint density at radius 1 is 1.43 bits per heavy atom. The van der Waals surface area contributed by atoms with Crippen LogP contribution in [0.25, 0.3) is 5.69 Å². The first kappa shape index (κ1) is 16.8. The highest BCUT2D eigenvalue weighted by Gasteiger charge is 2.14. The molecule has 0 bridgehead atoms. The number of carboxylic acid groups (broad SMARTS) is 1. The minimum Gasteiger partial charge on any atom is -0.465 e. The van der Waals surface area contributed by atoms with Crippen LogP contribution >= 0.6 is 15.9 Å². The van der Waals surface area contributed by atoms with Crippen molar-refractivity contribution < 1.29 is 18.7 Å². The molecule has 0 aliphatic carbocycles. The van der Waals surface area contributed by atoms with Gasteiger partial charge >= 0.3 is 11.8 Å². The van der Waals surface area contributed by atoms with Gasteiger partial charge in [-0.05, 0) is 34.2 Å². The number of hydrogen-bond acceptors (Lipinski definition) is 4. The van der Waals surface area contributed by atoms with E-state index in [4.69, 9.17) is 5.11 Å². The summed E-state index contributed by atoms with van der Waals surface area (Å²) in [4.78, 5) is 22.5. The average Bonchev–Trinajstić information content (AvgIpc) is 2.84. The van der Waals surface area contributed by atoms with Crippen LogP contribution in [-0.2, 0) is 6.54 Å². The summed E-state index contributed by atoms with van der Waals surface area (Å²) in [6.07, 6.45) is -1.17. The highest BCUT2D eigenvalue weighted by atomic mass is 79.9. The molecule has 1 amide bonds. The van der Waals surface area contributed by atoms with Crippen LogP contribution in [0, 0.1) is 5.82 Å². The first-order valence-electron chi connectivity index (χ1n) is 6.15. The van der Waals surface area contributed by atoms with Crippen LogP contribution in [0.4, 0.5) is 13.6 Å². The second kappa shape index (κ2) is 7.13. The van der Waals surface area contributed by atoms with Crippen LogP contribution in [0.15, 0.2) is 39.4 Å². The van der Waals surface area contributed by atoms with E-state index in [-0.39, 0.29) is 30.7 Å². The van der Waals surface area contributed by atoms with Crippen LogP contribution in [0.3, 0.4) is 0 Å². The molecule has 11 heteroatoms. The second-order valence-corrected chi connectivity index (χ2v) is 5.27. The first-order chi connectivity index (χ1) is 10.9. The van der Waals surface area contributed by atoms with Crippen molar-refractivity contribution in [1.29, 1.82) is 0 Å². The normalized spacial score (nSPS) is 11.5. The molecule has 122 valence electrons. The summed E-state index contributed by atoms with van der Waals surface area (Å²) in [5.41, 5.74) is -0.947. The van der Waals surface area contributed by atoms with E-state index in [2.05, 4.69) is 26.4 Å². The average molecular weight is 390 g/mol. The van der Waals surface area contributed by atoms with Gasteiger partial charge in [-0.1, -0.05) is 15.9 Å². The molecule has 8 nitrogen and oxygen atoms in total. The van der Waals surface area contributed by atoms with Gasteiger partial charge in [-0.2, -0.15) is 9.36 Å². The molecule has 2 aromatic rings. The van der Waals surface area contributed by atoms with E-state index in [1.807, 2.05) is 5.32 Å². The van der Waals surface area contributed by atoms with E-state index in [0.29, 0.717) is 4.47 Å². The molecule has 0 spiro atoms. The summed E-state index contributed by atoms with van der Waals surface area (Å²) in [6.45, 7) is -0.647. The van der Waals surface area contributed by atoms with Crippen molar-refractivity contribution in [3.05, 3.63) is 50.9 Å². The molecule has 0 saturated carbocycles. The van der Waals surface area contributed by atoms with E-state index >= 15 is 0 Å². The molecular formula is C12H10BrF2N5O3. The van der Waals surface area contributed by atoms with E-state index in [1.165, 1.54) is 12.1 Å². The summed E-state index contributed by atoms with van der Waals surface area (Å²) in [5, 5.41) is 17.5. The maximum Gasteiger partial charge on any atom is 0.404 e. The third kappa shape index (κ3) is 4.00. The Hall–Kier alpha value is -2.56. The molecule has 1 aromatic carbocycles. The lowest BCUT2D eigenvalue weighted by Gasteiger charge is -2.04. The van der Waals surface area contributed by atoms with Crippen molar-refractivity contribution >= 4 is 22.0 Å². The smallest absolute Gasteiger partial charge is 0.404 e. The van der Waals surface area contributed by atoms with Gasteiger partial charge in [0.2, 0.25) is 0 Å². The van der Waals surface area contributed by atoms with E-state index in [1.54, 1.807) is 0 Å². The molecule has 1 aromatic heterocycles. The predicted molar refractivity (Wildman–Crippen MR) is 78.5 cm³/mol. The third-order valence-corrected chi connectivity index (χ3v) is 3.24. The number of aromatic nitrogens is 4. The Balaban J connectivity index is 2.25. The van der Waals surface area contributed by atoms with Crippen molar-refractivity contribution in [1.82, 2.24) is 25.1 Å². The molecular weight excluding hydrogens is 380 g/mol. The molecule has 0 unspecified atom stereocenters. The second-order valence-electron chi connectivity index (χ2n) is 4.35. The van der Waals surface area contributed by atoms with Crippen LogP contribution in [-0.4, -0.2) is 37.5 Å². The van der Waals surface area contributed by atoms with E-state index in [0.717, 1.165) is 15.4 Å². The Morgan fingerprint density at radius 3 is 2.78 bits per heavy atom. The van der Waals surface area contributed by atoms with Crippen LogP contribution in [0.5, 0.6) is 0 Å². The lowest BCUT2D eigenvalue weighted by molar-refractivity contribution is 0.195. The van der Waals surface area contributed by atoms with Crippen molar-refractivity contribution in [2.24, 2.45) is 0 Å². The molecule has 2 rings (SSSR count). The molecule has 0 radical (unpaired) electrons. The van der Waals surface area contributed by atoms with Crippen molar-refractivity contribution in [3.63, 3.8) is 0 Å². The SMILES string of the molecule is O=C(O)NC/C(=C\F)Cn1nnn(-c2ccc(Br)cc2F)c1=O. The maximum atomic E-state index is 13.9. The number of halogens is 3. The molecule has 0 atom stereocenters. The fraction of sp³-hybridized carbons (Fsp3) is 0.167. The molecule has 0 saturated heterocycles. The van der Waals surface area contributed by atoms with Gasteiger partial charge in [0.1, 0.15) is 11.5 Å². The van der Waals surface area contributed by atoms with Gasteiger partial charge in [0.15, 0.2) is 0 Å². The predicted octanol–water partition coefficient (Wildman–Crippen LogP) is 1.45. The number of nitrogens with one attached hydrogen (secondary N) is 1. The van der Waals surface area contributed by atoms with Gasteiger partial charge in [0, 0.05) is 11.0 Å². The number of carbonyl (C=O) groups is 1. The van der Waals surface area contributed by atoms with E-state index < -0.39 is 17.6 Å². The first-order valence-corrected chi connectivity index (χ1v) is 6.95. The zero-order valence-electron chi connectivity index (χ0n) is 11.4. The molecule has 0 fully saturated rings. The Kier molecular flexibility index (Phi) is 5.21. The fourth-order valence-corrected chi connectivity index (χ4v) is 2.02. The van der Waals surface area contributed by atoms with Crippen LogP contribution < -0.4 is 11.0 Å². The minimum atomic E-state index is -1.34. The van der Waals surface area contributed by atoms with Crippen molar-refractivity contribution in [2.45, 2.75) is 6.54 Å². The van der Waals surface area contributed by atoms with Gasteiger partial charge in [-0.25, -0.2) is 18.4 Å². The summed E-state index contributed by atoms with van der Waals surface area (Å²) in [5.74, 6) is -0.692. The number of nitrogens with zero attached hydrogens (tertiary/aromatic N) is 4. The lowest BCUT2D eigenvalue weighted by Crippen LogP contribution is -2.29. The van der Waals surface area contributed by atoms with Gasteiger partial charge in [-0.3, -0.25) is 0 Å². The topological polar surface area (TPSA) is 102 Å². The number of hydrogen-bond donors (Lipinski definition) is 2. The number of amides is 1. The van der Waals surface area contributed by atoms with E-state index in [9.17, 15) is 18.4 Å². The van der Waals surface area contributed by atoms with Gasteiger partial charge in [-0.15, -0.1) is 0 Å². The number of tetrazole rings is 1. The Bertz CT molecular complexity index is 817. The van der Waals surface area contributed by atoms with Gasteiger partial charge in [0.05, 0.1) is 12.9 Å². The lowest BCUT2D eigenvalue weighted by atomic mass is 10.3. The highest BCUT2D eigenvalue weighted by molar-refractivity contribution is 9.10. The largest absolute Gasteiger partial charge is 0.465 e. The minimum absolute atomic E-state index is 0.0437. The highest BCUT2D eigenvalue weighted by Crippen LogP contribution is 2.16. The van der Waals surface area contributed by atoms with Crippen molar-refractivity contribution in [3.8, 4) is 5.69 Å². The van der Waals surface area contributed by atoms with Crippen molar-refractivity contribution in [2.75, 3.05) is 6.54 Å². The molecule has 23 heavy (non-hydrogen) atoms. The monoisotopic (exact) mass is 389 g/mol. The number of rotatable bonds is 5. The number of benzene rings is 1. The molecule has 2 N–H and O–H groups in total. The standard InChI is InChI=1S/C12H10BrF2N5O3/c13-8-1-2-10(9(15)3-8)20-12(23)19(17-18-20)6-7(4-14)5-16-11(21)22/h1-4,16H,5-6H2,(H,21,22)/b7-4+. The van der Waals surface area contributed by atoms with Gasteiger partial charge in [0.25, 0.3) is 0 Å². The van der Waals surface area contributed by atoms with Gasteiger partial charge < -0.3 is 10.4 Å². The van der Waals surface area contributed by atoms with Crippen LogP contribution in [0.2, 0.25) is 0 Å². The Labute approximate surface area is 136 Å². The maximum absolute atomic E-state index is 13.9. The Morgan fingerprint density at radius 2 is 2.17 bits per heavy atom. The molecule has 0 aliphatic rings. The van der Waals surface area contributed by atoms with Crippen LogP contribution in [0.1, 0.15) is 0 Å². The summed E-state index contributed by atoms with van der Waals surface area (Å²) in [7, 11) is 0. The zero-order valence-corrected chi connectivity index (χ0v) is 13.0. The molecule has 0 aliphatic heterocycles. The molecule has 1 heterocycles. The summed E-state index contributed by atoms with van der Waals surface area (Å²) >= 11 is 3.09. The fourth-order valence-electron chi connectivity index (χ4n) is 1.69. The summed E-state index contributed by atoms with van der Waals surface area (Å²) < 4.78 is 28.6. The third-order valence-electron chi connectivity index (χ3n) is 2.75. The zero-order chi connectivity index (χ0) is 17.0. The quantitative estimate of drug-likeness (QED) is 0.805.